The number of nitriles is 1. The van der Waals surface area contributed by atoms with Gasteiger partial charge in [0.15, 0.2) is 0 Å². The van der Waals surface area contributed by atoms with Gasteiger partial charge in [0.25, 0.3) is 5.91 Å². The van der Waals surface area contributed by atoms with Crippen molar-refractivity contribution in [1.82, 2.24) is 0 Å². The molecule has 0 unspecified atom stereocenters. The van der Waals surface area contributed by atoms with Gasteiger partial charge >= 0.3 is 0 Å². The number of rotatable bonds is 1. The number of nitrogens with one attached hydrogen (secondary N) is 1. The third-order valence-corrected chi connectivity index (χ3v) is 4.59. The molecule has 0 radical (unpaired) electrons. The number of halogens is 1. The van der Waals surface area contributed by atoms with Crippen LogP contribution in [0.5, 0.6) is 0 Å². The highest BCUT2D eigenvalue weighted by Crippen LogP contribution is 2.37. The second-order valence-electron chi connectivity index (χ2n) is 5.76. The fourth-order valence-electron chi connectivity index (χ4n) is 3.25. The van der Waals surface area contributed by atoms with E-state index in [-0.39, 0.29) is 5.91 Å². The summed E-state index contributed by atoms with van der Waals surface area (Å²) in [5.74, 6) is 1.14. The Kier molecular flexibility index (Phi) is 3.24. The molecule has 4 nitrogen and oxygen atoms in total. The van der Waals surface area contributed by atoms with E-state index in [4.69, 9.17) is 16.0 Å². The van der Waals surface area contributed by atoms with Crippen LogP contribution in [-0.4, -0.2) is 5.91 Å². The molecule has 1 aromatic carbocycles. The van der Waals surface area contributed by atoms with Gasteiger partial charge in [-0.3, -0.25) is 4.79 Å². The van der Waals surface area contributed by atoms with E-state index in [0.717, 1.165) is 48.3 Å². The summed E-state index contributed by atoms with van der Waals surface area (Å²) >= 11 is 6.04. The summed E-state index contributed by atoms with van der Waals surface area (Å²) in [6.45, 7) is 0. The van der Waals surface area contributed by atoms with E-state index < -0.39 is 0 Å². The summed E-state index contributed by atoms with van der Waals surface area (Å²) < 4.78 is 5.87. The summed E-state index contributed by atoms with van der Waals surface area (Å²) in [5, 5.41) is 12.8. The van der Waals surface area contributed by atoms with Crippen LogP contribution in [0, 0.1) is 11.3 Å². The second kappa shape index (κ2) is 5.29. The summed E-state index contributed by atoms with van der Waals surface area (Å²) in [6.07, 6.45) is 5.51. The second-order valence-corrected chi connectivity index (χ2v) is 6.20. The molecule has 2 aliphatic rings. The quantitative estimate of drug-likeness (QED) is 0.800. The Balaban J connectivity index is 1.86. The summed E-state index contributed by atoms with van der Waals surface area (Å²) in [5.41, 5.74) is 3.48. The largest absolute Gasteiger partial charge is 0.460 e. The van der Waals surface area contributed by atoms with Crippen molar-refractivity contribution in [2.24, 2.45) is 0 Å². The van der Waals surface area contributed by atoms with Crippen LogP contribution in [0.4, 0.5) is 5.69 Å². The lowest BCUT2D eigenvalue weighted by Crippen LogP contribution is -2.03. The van der Waals surface area contributed by atoms with Crippen LogP contribution < -0.4 is 5.32 Å². The maximum Gasteiger partial charge on any atom is 0.256 e. The minimum atomic E-state index is -0.208. The molecule has 23 heavy (non-hydrogen) atoms. The number of fused-ring (bicyclic) bond motifs is 2. The molecule has 4 rings (SSSR count). The molecule has 0 fully saturated rings. The molecule has 1 aromatic heterocycles. The van der Waals surface area contributed by atoms with Crippen molar-refractivity contribution in [1.29, 1.82) is 5.26 Å². The van der Waals surface area contributed by atoms with Gasteiger partial charge in [-0.15, -0.1) is 0 Å². The Morgan fingerprint density at radius 1 is 1.30 bits per heavy atom. The van der Waals surface area contributed by atoms with Gasteiger partial charge < -0.3 is 9.73 Å². The highest BCUT2D eigenvalue weighted by molar-refractivity contribution is 6.36. The lowest BCUT2D eigenvalue weighted by atomic mass is 9.94. The van der Waals surface area contributed by atoms with Gasteiger partial charge in [0.1, 0.15) is 23.2 Å². The van der Waals surface area contributed by atoms with E-state index in [9.17, 15) is 10.1 Å². The molecule has 1 aliphatic carbocycles. The molecule has 1 N–H and O–H groups in total. The zero-order valence-electron chi connectivity index (χ0n) is 12.3. The first kappa shape index (κ1) is 14.1. The van der Waals surface area contributed by atoms with Gasteiger partial charge in [-0.25, -0.2) is 0 Å². The van der Waals surface area contributed by atoms with E-state index in [1.807, 2.05) is 0 Å². The van der Waals surface area contributed by atoms with Crippen molar-refractivity contribution in [3.05, 3.63) is 51.4 Å². The maximum absolute atomic E-state index is 12.2. The summed E-state index contributed by atoms with van der Waals surface area (Å²) in [4.78, 5) is 12.2. The van der Waals surface area contributed by atoms with Crippen molar-refractivity contribution in [2.75, 3.05) is 5.32 Å². The number of carbonyl (C=O) groups is 1. The van der Waals surface area contributed by atoms with Crippen molar-refractivity contribution < 1.29 is 9.21 Å². The molecular formula is C18H13ClN2O2. The lowest BCUT2D eigenvalue weighted by Gasteiger charge is -2.07. The molecule has 2 heterocycles. The molecule has 1 amide bonds. The third-order valence-electron chi connectivity index (χ3n) is 4.35. The summed E-state index contributed by atoms with van der Waals surface area (Å²) in [7, 11) is 0. The maximum atomic E-state index is 12.2. The first-order valence-electron chi connectivity index (χ1n) is 7.55. The molecule has 2 aromatic rings. The first-order chi connectivity index (χ1) is 11.2. The topological polar surface area (TPSA) is 66.0 Å². The van der Waals surface area contributed by atoms with Crippen LogP contribution in [0.3, 0.4) is 0 Å². The first-order valence-corrected chi connectivity index (χ1v) is 7.93. The highest BCUT2D eigenvalue weighted by atomic mass is 35.5. The van der Waals surface area contributed by atoms with Crippen molar-refractivity contribution in [3.8, 4) is 6.07 Å². The average molecular weight is 325 g/mol. The number of amides is 1. The van der Waals surface area contributed by atoms with Crippen molar-refractivity contribution in [3.63, 3.8) is 0 Å². The van der Waals surface area contributed by atoms with Crippen LogP contribution in [-0.2, 0) is 17.6 Å². The fraction of sp³-hybridized carbons (Fsp3) is 0.222. The highest BCUT2D eigenvalue weighted by Gasteiger charge is 2.27. The number of hydrogen-bond donors (Lipinski definition) is 1. The minimum Gasteiger partial charge on any atom is -0.460 e. The van der Waals surface area contributed by atoms with Gasteiger partial charge in [0, 0.05) is 28.3 Å². The van der Waals surface area contributed by atoms with Crippen molar-refractivity contribution in [2.45, 2.75) is 25.7 Å². The van der Waals surface area contributed by atoms with Gasteiger partial charge in [-0.2, -0.15) is 5.26 Å². The molecule has 114 valence electrons. The Labute approximate surface area is 138 Å². The molecule has 0 saturated heterocycles. The van der Waals surface area contributed by atoms with E-state index in [0.29, 0.717) is 21.9 Å². The Bertz CT molecular complexity index is 902. The Morgan fingerprint density at radius 3 is 2.96 bits per heavy atom. The molecule has 0 bridgehead atoms. The van der Waals surface area contributed by atoms with Crippen LogP contribution in [0.2, 0.25) is 5.02 Å². The molecular weight excluding hydrogens is 312 g/mol. The molecule has 0 saturated carbocycles. The van der Waals surface area contributed by atoms with E-state index in [1.165, 1.54) is 0 Å². The van der Waals surface area contributed by atoms with Gasteiger partial charge in [0.05, 0.1) is 5.57 Å². The van der Waals surface area contributed by atoms with Crippen LogP contribution >= 0.6 is 11.6 Å². The SMILES string of the molecule is N#Cc1c(C=C2C(=O)Nc3ccc(Cl)cc32)oc2c1CCCC2. The number of nitrogens with zero attached hydrogens (tertiary/aromatic N) is 1. The number of aryl methyl sites for hydroxylation is 1. The average Bonchev–Trinajstić information content (AvgIpc) is 3.05. The van der Waals surface area contributed by atoms with E-state index in [2.05, 4.69) is 11.4 Å². The normalized spacial score (nSPS) is 17.6. The fourth-order valence-corrected chi connectivity index (χ4v) is 3.42. The number of hydrogen-bond acceptors (Lipinski definition) is 3. The third kappa shape index (κ3) is 2.25. The molecule has 1 aliphatic heterocycles. The van der Waals surface area contributed by atoms with Gasteiger partial charge in [-0.1, -0.05) is 11.6 Å². The van der Waals surface area contributed by atoms with E-state index in [1.54, 1.807) is 24.3 Å². The Morgan fingerprint density at radius 2 is 2.13 bits per heavy atom. The van der Waals surface area contributed by atoms with Crippen LogP contribution in [0.25, 0.3) is 11.6 Å². The summed E-state index contributed by atoms with van der Waals surface area (Å²) in [6, 6.07) is 7.48. The monoisotopic (exact) mass is 324 g/mol. The zero-order chi connectivity index (χ0) is 16.0. The number of benzene rings is 1. The van der Waals surface area contributed by atoms with Crippen LogP contribution in [0.15, 0.2) is 22.6 Å². The number of carbonyl (C=O) groups excluding carboxylic acids is 1. The minimum absolute atomic E-state index is 0.208. The molecule has 5 heteroatoms. The lowest BCUT2D eigenvalue weighted by molar-refractivity contribution is -0.110. The van der Waals surface area contributed by atoms with Crippen LogP contribution in [0.1, 0.15) is 41.1 Å². The number of furan rings is 1. The van der Waals surface area contributed by atoms with Crippen molar-refractivity contribution >= 4 is 34.8 Å². The predicted molar refractivity (Wildman–Crippen MR) is 88.0 cm³/mol. The molecule has 0 atom stereocenters. The number of anilines is 1. The molecule has 0 spiro atoms. The smallest absolute Gasteiger partial charge is 0.256 e. The van der Waals surface area contributed by atoms with Gasteiger partial charge in [0.2, 0.25) is 0 Å². The zero-order valence-corrected chi connectivity index (χ0v) is 13.0. The van der Waals surface area contributed by atoms with E-state index >= 15 is 0 Å². The van der Waals surface area contributed by atoms with Gasteiger partial charge in [-0.05, 0) is 43.5 Å². The Hall–Kier alpha value is -2.51. The standard InChI is InChI=1S/C18H13ClN2O2/c19-10-5-6-15-12(7-10)13(18(22)21-15)8-17-14(9-20)11-3-1-2-4-16(11)23-17/h5-8H,1-4H2,(H,21,22). The predicted octanol–water partition coefficient (Wildman–Crippen LogP) is 4.18.